The van der Waals surface area contributed by atoms with Gasteiger partial charge in [-0.2, -0.15) is 0 Å². The lowest BCUT2D eigenvalue weighted by Crippen LogP contribution is -2.45. The van der Waals surface area contributed by atoms with E-state index in [2.05, 4.69) is 43.5 Å². The first-order valence-electron chi connectivity index (χ1n) is 27.3. The van der Waals surface area contributed by atoms with Gasteiger partial charge >= 0.3 is 0 Å². The molecule has 0 saturated heterocycles. The molecule has 0 fully saturated rings. The van der Waals surface area contributed by atoms with Crippen molar-refractivity contribution >= 4 is 5.91 Å². The molecular formula is C56H107NO4. The minimum Gasteiger partial charge on any atom is -0.394 e. The fourth-order valence-electron chi connectivity index (χ4n) is 8.47. The van der Waals surface area contributed by atoms with Gasteiger partial charge in [-0.1, -0.05) is 262 Å². The van der Waals surface area contributed by atoms with Gasteiger partial charge in [-0.3, -0.25) is 4.79 Å². The molecule has 5 heteroatoms. The first-order chi connectivity index (χ1) is 30.0. The van der Waals surface area contributed by atoms with Crippen LogP contribution in [0.25, 0.3) is 0 Å². The molecule has 0 aliphatic heterocycles. The number of carbonyl (C=O) groups excluding carboxylic acids is 1. The van der Waals surface area contributed by atoms with Crippen molar-refractivity contribution in [3.8, 4) is 0 Å². The quantitative estimate of drug-likeness (QED) is 0.0362. The smallest absolute Gasteiger partial charge is 0.222 e. The molecule has 0 bridgehead atoms. The number of carbonyl (C=O) groups is 1. The summed E-state index contributed by atoms with van der Waals surface area (Å²) in [6, 6.07) is -0.761. The normalized spacial score (nSPS) is 13.6. The van der Waals surface area contributed by atoms with Crippen LogP contribution >= 0.6 is 0 Å². The first-order valence-corrected chi connectivity index (χ1v) is 27.3. The summed E-state index contributed by atoms with van der Waals surface area (Å²) in [6.45, 7) is 4.22. The van der Waals surface area contributed by atoms with Crippen LogP contribution in [0.2, 0.25) is 0 Å². The molecule has 0 aliphatic rings. The van der Waals surface area contributed by atoms with E-state index < -0.39 is 18.2 Å². The molecule has 0 aromatic heterocycles. The molecule has 0 aromatic carbocycles. The van der Waals surface area contributed by atoms with Gasteiger partial charge in [0.15, 0.2) is 0 Å². The number of hydrogen-bond donors (Lipinski definition) is 4. The number of rotatable bonds is 50. The Morgan fingerprint density at radius 3 is 1.05 bits per heavy atom. The second kappa shape index (κ2) is 51.2. The minimum atomic E-state index is -0.951. The zero-order chi connectivity index (χ0) is 44.4. The SMILES string of the molecule is CCCCCCCCCCCCC/C=C/CC/C=C/C(O)C(CO)NC(=O)CC(O)CCCCCCCCCCCCCCC/C=C\CCCCCCCCCCCCCC. The topological polar surface area (TPSA) is 89.8 Å². The number of amides is 1. The van der Waals surface area contributed by atoms with Gasteiger partial charge in [-0.15, -0.1) is 0 Å². The highest BCUT2D eigenvalue weighted by atomic mass is 16.3. The minimum absolute atomic E-state index is 0.00738. The molecule has 4 N–H and O–H groups in total. The van der Waals surface area contributed by atoms with Crippen molar-refractivity contribution in [3.63, 3.8) is 0 Å². The Kier molecular flexibility index (Phi) is 50.0. The maximum absolute atomic E-state index is 12.5. The van der Waals surface area contributed by atoms with E-state index in [1.54, 1.807) is 6.08 Å². The summed E-state index contributed by atoms with van der Waals surface area (Å²) in [4.78, 5) is 12.5. The maximum Gasteiger partial charge on any atom is 0.222 e. The highest BCUT2D eigenvalue weighted by molar-refractivity contribution is 5.76. The molecule has 5 nitrogen and oxygen atoms in total. The highest BCUT2D eigenvalue weighted by Gasteiger charge is 2.20. The summed E-state index contributed by atoms with van der Waals surface area (Å²) in [5.41, 5.74) is 0. The molecule has 0 aromatic rings. The third-order valence-corrected chi connectivity index (χ3v) is 12.6. The molecule has 61 heavy (non-hydrogen) atoms. The highest BCUT2D eigenvalue weighted by Crippen LogP contribution is 2.17. The number of aliphatic hydroxyl groups excluding tert-OH is 3. The van der Waals surface area contributed by atoms with Gasteiger partial charge in [0.2, 0.25) is 5.91 Å². The van der Waals surface area contributed by atoms with Gasteiger partial charge in [0.05, 0.1) is 31.3 Å². The monoisotopic (exact) mass is 858 g/mol. The Labute approximate surface area is 381 Å². The Balaban J connectivity index is 3.57. The molecule has 3 unspecified atom stereocenters. The van der Waals surface area contributed by atoms with Crippen molar-refractivity contribution in [3.05, 3.63) is 36.5 Å². The van der Waals surface area contributed by atoms with Gasteiger partial charge in [0, 0.05) is 0 Å². The van der Waals surface area contributed by atoms with Crippen LogP contribution in [0.3, 0.4) is 0 Å². The predicted octanol–water partition coefficient (Wildman–Crippen LogP) is 16.7. The summed E-state index contributed by atoms with van der Waals surface area (Å²) < 4.78 is 0. The fourth-order valence-corrected chi connectivity index (χ4v) is 8.47. The van der Waals surface area contributed by atoms with E-state index in [1.807, 2.05) is 6.08 Å². The molecule has 0 radical (unpaired) electrons. The van der Waals surface area contributed by atoms with E-state index in [0.29, 0.717) is 6.42 Å². The van der Waals surface area contributed by atoms with Crippen LogP contribution in [0, 0.1) is 0 Å². The van der Waals surface area contributed by atoms with Crippen LogP contribution in [0.1, 0.15) is 290 Å². The molecule has 0 heterocycles. The van der Waals surface area contributed by atoms with Crippen LogP contribution in [0.15, 0.2) is 36.5 Å². The maximum atomic E-state index is 12.5. The number of allylic oxidation sites excluding steroid dienone is 5. The fraction of sp³-hybridized carbons (Fsp3) is 0.875. The van der Waals surface area contributed by atoms with Crippen LogP contribution in [-0.4, -0.2) is 46.1 Å². The van der Waals surface area contributed by atoms with Crippen molar-refractivity contribution in [2.75, 3.05) is 6.61 Å². The van der Waals surface area contributed by atoms with E-state index in [9.17, 15) is 20.1 Å². The van der Waals surface area contributed by atoms with Crippen LogP contribution < -0.4 is 5.32 Å². The second-order valence-corrected chi connectivity index (χ2v) is 18.8. The van der Waals surface area contributed by atoms with Crippen molar-refractivity contribution < 1.29 is 20.1 Å². The Hall–Kier alpha value is -1.43. The van der Waals surface area contributed by atoms with Crippen molar-refractivity contribution in [1.29, 1.82) is 0 Å². The summed E-state index contributed by atoms with van der Waals surface area (Å²) >= 11 is 0. The Morgan fingerprint density at radius 2 is 0.705 bits per heavy atom. The lowest BCUT2D eigenvalue weighted by atomic mass is 10.0. The van der Waals surface area contributed by atoms with Gasteiger partial charge in [0.1, 0.15) is 0 Å². The third kappa shape index (κ3) is 47.9. The number of hydrogen-bond acceptors (Lipinski definition) is 4. The first kappa shape index (κ1) is 59.6. The van der Waals surface area contributed by atoms with Crippen molar-refractivity contribution in [2.45, 2.75) is 308 Å². The third-order valence-electron chi connectivity index (χ3n) is 12.6. The number of nitrogens with one attached hydrogen (secondary N) is 1. The molecule has 0 saturated carbocycles. The molecule has 3 atom stereocenters. The van der Waals surface area contributed by atoms with Crippen LogP contribution in [0.4, 0.5) is 0 Å². The van der Waals surface area contributed by atoms with E-state index in [4.69, 9.17) is 0 Å². The predicted molar refractivity (Wildman–Crippen MR) is 268 cm³/mol. The number of aliphatic hydroxyl groups is 3. The summed E-state index contributed by atoms with van der Waals surface area (Å²) in [5, 5.41) is 33.4. The molecule has 0 aliphatic carbocycles. The average Bonchev–Trinajstić information content (AvgIpc) is 3.25. The zero-order valence-electron chi connectivity index (χ0n) is 41.1. The van der Waals surface area contributed by atoms with Crippen LogP contribution in [0.5, 0.6) is 0 Å². The molecule has 1 amide bonds. The van der Waals surface area contributed by atoms with E-state index in [-0.39, 0.29) is 18.9 Å². The lowest BCUT2D eigenvalue weighted by molar-refractivity contribution is -0.124. The molecule has 0 spiro atoms. The zero-order valence-corrected chi connectivity index (χ0v) is 41.1. The Morgan fingerprint density at radius 1 is 0.410 bits per heavy atom. The number of unbranched alkanes of at least 4 members (excludes halogenated alkanes) is 37. The summed E-state index contributed by atoms with van der Waals surface area (Å²) in [6.07, 6.45) is 66.2. The van der Waals surface area contributed by atoms with E-state index >= 15 is 0 Å². The lowest BCUT2D eigenvalue weighted by Gasteiger charge is -2.21. The summed E-state index contributed by atoms with van der Waals surface area (Å²) in [5.74, 6) is -0.322. The van der Waals surface area contributed by atoms with E-state index in [1.165, 1.54) is 231 Å². The average molecular weight is 858 g/mol. The largest absolute Gasteiger partial charge is 0.394 e. The molecular weight excluding hydrogens is 751 g/mol. The Bertz CT molecular complexity index is 947. The molecule has 0 rings (SSSR count). The van der Waals surface area contributed by atoms with Gasteiger partial charge in [-0.25, -0.2) is 0 Å². The van der Waals surface area contributed by atoms with E-state index in [0.717, 1.165) is 32.1 Å². The van der Waals surface area contributed by atoms with Gasteiger partial charge in [-0.05, 0) is 57.8 Å². The van der Waals surface area contributed by atoms with Gasteiger partial charge < -0.3 is 20.6 Å². The standard InChI is InChI=1S/C56H107NO4/c1-3-5-7-9-11-13-15-17-19-21-22-23-24-25-26-27-28-29-30-31-32-34-35-37-39-41-43-45-47-49-53(59)51-56(61)57-54(52-58)55(60)50-48-46-44-42-40-38-36-33-20-18-16-14-12-10-8-6-4-2/h25-26,40,42,48,50,53-55,58-60H,3-24,27-39,41,43-47,49,51-52H2,1-2H3,(H,57,61)/b26-25-,42-40+,50-48+. The van der Waals surface area contributed by atoms with Gasteiger partial charge in [0.25, 0.3) is 0 Å². The summed E-state index contributed by atoms with van der Waals surface area (Å²) in [7, 11) is 0. The van der Waals surface area contributed by atoms with Crippen molar-refractivity contribution in [1.82, 2.24) is 5.32 Å². The molecule has 360 valence electrons. The second-order valence-electron chi connectivity index (χ2n) is 18.8. The van der Waals surface area contributed by atoms with Crippen LogP contribution in [-0.2, 0) is 4.79 Å². The van der Waals surface area contributed by atoms with Crippen molar-refractivity contribution in [2.24, 2.45) is 0 Å².